The third kappa shape index (κ3) is 2.90. The van der Waals surface area contributed by atoms with Crippen molar-refractivity contribution in [3.63, 3.8) is 0 Å². The van der Waals surface area contributed by atoms with E-state index in [1.165, 1.54) is 0 Å². The van der Waals surface area contributed by atoms with Crippen LogP contribution < -0.4 is 4.90 Å². The second-order valence-electron chi connectivity index (χ2n) is 3.90. The molecule has 18 heavy (non-hydrogen) atoms. The van der Waals surface area contributed by atoms with Gasteiger partial charge in [-0.05, 0) is 25.1 Å². The fourth-order valence-corrected chi connectivity index (χ4v) is 1.75. The molecule has 0 radical (unpaired) electrons. The topological polar surface area (TPSA) is 38.1 Å². The van der Waals surface area contributed by atoms with E-state index in [1.807, 2.05) is 42.6 Å². The highest BCUT2D eigenvalue weighted by Crippen LogP contribution is 2.16. The maximum absolute atomic E-state index is 12.1. The van der Waals surface area contributed by atoms with E-state index in [9.17, 15) is 4.79 Å². The summed E-state index contributed by atoms with van der Waals surface area (Å²) in [5.74, 6) is -0.140. The van der Waals surface area contributed by atoms with Gasteiger partial charge in [-0.2, -0.15) is 5.10 Å². The zero-order valence-electron chi connectivity index (χ0n) is 10.0. The number of carbonyl (C=O) groups is 1. The average Bonchev–Trinajstić information content (AvgIpc) is 2.89. The summed E-state index contributed by atoms with van der Waals surface area (Å²) in [6.07, 6.45) is 3.49. The lowest BCUT2D eigenvalue weighted by Gasteiger charge is -2.23. The number of anilines is 1. The smallest absolute Gasteiger partial charge is 0.246 e. The van der Waals surface area contributed by atoms with Crippen LogP contribution in [0.15, 0.2) is 48.8 Å². The third-order valence-corrected chi connectivity index (χ3v) is 2.71. The van der Waals surface area contributed by atoms with Gasteiger partial charge in [0, 0.05) is 18.1 Å². The van der Waals surface area contributed by atoms with Crippen LogP contribution in [0.2, 0.25) is 0 Å². The van der Waals surface area contributed by atoms with E-state index in [1.54, 1.807) is 22.7 Å². The predicted molar refractivity (Wildman–Crippen MR) is 71.5 cm³/mol. The van der Waals surface area contributed by atoms with Crippen molar-refractivity contribution in [2.24, 2.45) is 0 Å². The van der Waals surface area contributed by atoms with Crippen molar-refractivity contribution in [1.29, 1.82) is 0 Å². The molecule has 1 amide bonds. The molecule has 5 heteroatoms. The van der Waals surface area contributed by atoms with Crippen LogP contribution in [0.4, 0.5) is 5.69 Å². The molecule has 0 saturated heterocycles. The summed E-state index contributed by atoms with van der Waals surface area (Å²) in [4.78, 5) is 13.7. The van der Waals surface area contributed by atoms with Crippen molar-refractivity contribution in [3.8, 4) is 0 Å². The molecule has 2 rings (SSSR count). The maximum atomic E-state index is 12.1. The molecule has 0 spiro atoms. The van der Waals surface area contributed by atoms with E-state index in [0.717, 1.165) is 5.69 Å². The highest BCUT2D eigenvalue weighted by molar-refractivity contribution is 6.32. The van der Waals surface area contributed by atoms with Gasteiger partial charge in [0.15, 0.2) is 0 Å². The lowest BCUT2D eigenvalue weighted by molar-refractivity contribution is -0.118. The summed E-state index contributed by atoms with van der Waals surface area (Å²) < 4.78 is 1.68. The summed E-state index contributed by atoms with van der Waals surface area (Å²) in [6, 6.07) is 11.2. The van der Waals surface area contributed by atoms with Crippen molar-refractivity contribution < 1.29 is 4.79 Å². The van der Waals surface area contributed by atoms with Gasteiger partial charge in [-0.1, -0.05) is 18.2 Å². The summed E-state index contributed by atoms with van der Waals surface area (Å²) in [7, 11) is 0. The van der Waals surface area contributed by atoms with E-state index in [-0.39, 0.29) is 5.91 Å². The molecular formula is C13H14ClN3O. The Labute approximate surface area is 111 Å². The van der Waals surface area contributed by atoms with E-state index in [0.29, 0.717) is 6.67 Å². The molecule has 94 valence electrons. The zero-order valence-corrected chi connectivity index (χ0v) is 10.8. The summed E-state index contributed by atoms with van der Waals surface area (Å²) >= 11 is 5.89. The lowest BCUT2D eigenvalue weighted by Crippen LogP contribution is -2.37. The van der Waals surface area contributed by atoms with Crippen molar-refractivity contribution in [2.75, 3.05) is 4.90 Å². The second kappa shape index (κ2) is 5.69. The maximum Gasteiger partial charge on any atom is 0.246 e. The van der Waals surface area contributed by atoms with Crippen LogP contribution in [-0.2, 0) is 11.5 Å². The number of amides is 1. The van der Waals surface area contributed by atoms with Gasteiger partial charge >= 0.3 is 0 Å². The first-order chi connectivity index (χ1) is 8.68. The standard InChI is InChI=1S/C13H14ClN3O/c1-11(14)13(18)17(10-16-9-5-8-15-16)12-6-3-2-4-7-12/h2-9,11H,10H2,1H3. The van der Waals surface area contributed by atoms with Crippen molar-refractivity contribution >= 4 is 23.2 Å². The van der Waals surface area contributed by atoms with Crippen LogP contribution in [-0.4, -0.2) is 21.1 Å². The van der Waals surface area contributed by atoms with Gasteiger partial charge in [-0.15, -0.1) is 11.6 Å². The second-order valence-corrected chi connectivity index (χ2v) is 4.56. The zero-order chi connectivity index (χ0) is 13.0. The fourth-order valence-electron chi connectivity index (χ4n) is 1.63. The Morgan fingerprint density at radius 3 is 2.67 bits per heavy atom. The third-order valence-electron chi connectivity index (χ3n) is 2.52. The van der Waals surface area contributed by atoms with E-state index >= 15 is 0 Å². The largest absolute Gasteiger partial charge is 0.291 e. The fraction of sp³-hybridized carbons (Fsp3) is 0.231. The van der Waals surface area contributed by atoms with E-state index < -0.39 is 5.38 Å². The number of para-hydroxylation sites is 1. The van der Waals surface area contributed by atoms with Crippen molar-refractivity contribution in [2.45, 2.75) is 19.0 Å². The normalized spacial score (nSPS) is 12.1. The number of hydrogen-bond acceptors (Lipinski definition) is 2. The number of halogens is 1. The molecule has 0 N–H and O–H groups in total. The highest BCUT2D eigenvalue weighted by atomic mass is 35.5. The Morgan fingerprint density at radius 2 is 2.11 bits per heavy atom. The van der Waals surface area contributed by atoms with Crippen molar-refractivity contribution in [3.05, 3.63) is 48.8 Å². The minimum Gasteiger partial charge on any atom is -0.291 e. The quantitative estimate of drug-likeness (QED) is 0.795. The number of rotatable bonds is 4. The van der Waals surface area contributed by atoms with Crippen LogP contribution >= 0.6 is 11.6 Å². The number of hydrogen-bond donors (Lipinski definition) is 0. The van der Waals surface area contributed by atoms with Gasteiger partial charge in [-0.3, -0.25) is 14.4 Å². The van der Waals surface area contributed by atoms with Gasteiger partial charge in [0.25, 0.3) is 0 Å². The lowest BCUT2D eigenvalue weighted by atomic mass is 10.3. The molecule has 0 fully saturated rings. The van der Waals surface area contributed by atoms with Crippen LogP contribution in [0.5, 0.6) is 0 Å². The molecule has 0 aliphatic carbocycles. The van der Waals surface area contributed by atoms with Crippen LogP contribution in [0.25, 0.3) is 0 Å². The molecule has 1 aromatic heterocycles. The minimum atomic E-state index is -0.569. The molecule has 0 aliphatic heterocycles. The molecule has 1 atom stereocenters. The molecule has 0 saturated carbocycles. The van der Waals surface area contributed by atoms with E-state index in [4.69, 9.17) is 11.6 Å². The van der Waals surface area contributed by atoms with Crippen LogP contribution in [0.1, 0.15) is 6.92 Å². The molecule has 1 heterocycles. The minimum absolute atomic E-state index is 0.140. The first kappa shape index (κ1) is 12.6. The van der Waals surface area contributed by atoms with Gasteiger partial charge in [0.05, 0.1) is 0 Å². The summed E-state index contributed by atoms with van der Waals surface area (Å²) in [5, 5.41) is 3.53. The number of benzene rings is 1. The Balaban J connectivity index is 2.26. The molecule has 0 bridgehead atoms. The number of nitrogens with zero attached hydrogens (tertiary/aromatic N) is 3. The molecule has 1 unspecified atom stereocenters. The number of aromatic nitrogens is 2. The molecular weight excluding hydrogens is 250 g/mol. The molecule has 0 aliphatic rings. The van der Waals surface area contributed by atoms with Crippen LogP contribution in [0, 0.1) is 0 Å². The van der Waals surface area contributed by atoms with Gasteiger partial charge in [-0.25, -0.2) is 0 Å². The SMILES string of the molecule is CC(Cl)C(=O)N(Cn1cccn1)c1ccccc1. The van der Waals surface area contributed by atoms with Gasteiger partial charge in [0.2, 0.25) is 5.91 Å². The van der Waals surface area contributed by atoms with Crippen molar-refractivity contribution in [1.82, 2.24) is 9.78 Å². The Bertz CT molecular complexity index is 496. The molecule has 2 aromatic rings. The van der Waals surface area contributed by atoms with Crippen LogP contribution in [0.3, 0.4) is 0 Å². The first-order valence-corrected chi connectivity index (χ1v) is 6.10. The number of alkyl halides is 1. The average molecular weight is 264 g/mol. The van der Waals surface area contributed by atoms with Gasteiger partial charge in [0.1, 0.15) is 12.0 Å². The van der Waals surface area contributed by atoms with E-state index in [2.05, 4.69) is 5.10 Å². The molecule has 1 aromatic carbocycles. The Morgan fingerprint density at radius 1 is 1.39 bits per heavy atom. The summed E-state index contributed by atoms with van der Waals surface area (Å²) in [6.45, 7) is 2.02. The number of carbonyl (C=O) groups excluding carboxylic acids is 1. The highest BCUT2D eigenvalue weighted by Gasteiger charge is 2.20. The molecule has 4 nitrogen and oxygen atoms in total. The summed E-state index contributed by atoms with van der Waals surface area (Å²) in [5.41, 5.74) is 0.811. The predicted octanol–water partition coefficient (Wildman–Crippen LogP) is 2.50. The van der Waals surface area contributed by atoms with Gasteiger partial charge < -0.3 is 0 Å². The first-order valence-electron chi connectivity index (χ1n) is 5.66. The Kier molecular flexibility index (Phi) is 3.99. The monoisotopic (exact) mass is 263 g/mol. The Hall–Kier alpha value is -1.81.